The number of H-pyrrole nitrogens is 1. The van der Waals surface area contributed by atoms with Gasteiger partial charge in [0.15, 0.2) is 5.43 Å². The molecule has 1 aromatic heterocycles. The van der Waals surface area contributed by atoms with Gasteiger partial charge in [-0.25, -0.2) is 4.39 Å². The van der Waals surface area contributed by atoms with Crippen LogP contribution < -0.4 is 15.1 Å². The minimum atomic E-state index is -0.541. The smallest absolute Gasteiger partial charge is 0.200 e. The fraction of sp³-hybridized carbons (Fsp3) is 0.250. The van der Waals surface area contributed by atoms with E-state index in [2.05, 4.69) is 4.98 Å². The second kappa shape index (κ2) is 8.88. The molecule has 3 aromatic rings. The van der Waals surface area contributed by atoms with E-state index >= 15 is 0 Å². The summed E-state index contributed by atoms with van der Waals surface area (Å²) in [5, 5.41) is 0.0556. The number of aromatic amines is 1. The number of benzene rings is 2. The molecule has 1 heterocycles. The van der Waals surface area contributed by atoms with Gasteiger partial charge in [0.1, 0.15) is 11.6 Å². The predicted molar refractivity (Wildman–Crippen MR) is 109 cm³/mol. The van der Waals surface area contributed by atoms with Gasteiger partial charge < -0.3 is 19.4 Å². The zero-order chi connectivity index (χ0) is 18.7. The number of fused-ring (bicyclic) bond motifs is 1. The van der Waals surface area contributed by atoms with Crippen molar-refractivity contribution < 1.29 is 13.9 Å². The quantitative estimate of drug-likeness (QED) is 0.692. The van der Waals surface area contributed by atoms with Gasteiger partial charge in [0, 0.05) is 32.5 Å². The van der Waals surface area contributed by atoms with Crippen LogP contribution in [0.2, 0.25) is 0 Å². The minimum Gasteiger partial charge on any atom is -0.497 e. The lowest BCUT2D eigenvalue weighted by atomic mass is 10.0. The molecule has 1 N–H and O–H groups in total. The van der Waals surface area contributed by atoms with E-state index in [1.54, 1.807) is 50.7 Å². The van der Waals surface area contributed by atoms with E-state index in [1.807, 2.05) is 11.9 Å². The Morgan fingerprint density at radius 3 is 2.44 bits per heavy atom. The van der Waals surface area contributed by atoms with Gasteiger partial charge in [-0.1, -0.05) is 12.1 Å². The Kier molecular flexibility index (Phi) is 6.82. The number of halogens is 2. The van der Waals surface area contributed by atoms with Crippen molar-refractivity contribution in [2.24, 2.45) is 0 Å². The van der Waals surface area contributed by atoms with Gasteiger partial charge in [0.25, 0.3) is 0 Å². The van der Waals surface area contributed by atoms with Crippen molar-refractivity contribution in [3.05, 3.63) is 58.6 Å². The van der Waals surface area contributed by atoms with Gasteiger partial charge in [-0.15, -0.1) is 12.4 Å². The largest absolute Gasteiger partial charge is 0.497 e. The van der Waals surface area contributed by atoms with Crippen LogP contribution in [0, 0.1) is 5.82 Å². The van der Waals surface area contributed by atoms with Crippen molar-refractivity contribution >= 4 is 29.0 Å². The first-order valence-electron chi connectivity index (χ1n) is 8.25. The molecular weight excluding hydrogens is 371 g/mol. The topological polar surface area (TPSA) is 54.6 Å². The third kappa shape index (κ3) is 4.07. The van der Waals surface area contributed by atoms with E-state index in [4.69, 9.17) is 9.47 Å². The zero-order valence-corrected chi connectivity index (χ0v) is 16.2. The van der Waals surface area contributed by atoms with Crippen LogP contribution in [-0.4, -0.2) is 39.4 Å². The molecule has 144 valence electrons. The SMILES string of the molecule is COCCN(C)c1ccc(F)c2c(=O)c(-c3ccc(OC)cc3)c[nH]c12.Cl. The van der Waals surface area contributed by atoms with Crippen LogP contribution in [0.5, 0.6) is 5.75 Å². The van der Waals surface area contributed by atoms with Crippen molar-refractivity contribution in [1.29, 1.82) is 0 Å². The highest BCUT2D eigenvalue weighted by molar-refractivity contribution is 5.93. The third-order valence-corrected chi connectivity index (χ3v) is 4.41. The third-order valence-electron chi connectivity index (χ3n) is 4.41. The zero-order valence-electron chi connectivity index (χ0n) is 15.4. The first-order chi connectivity index (χ1) is 12.6. The van der Waals surface area contributed by atoms with E-state index < -0.39 is 5.82 Å². The molecule has 0 radical (unpaired) electrons. The molecule has 0 saturated heterocycles. The number of hydrogen-bond acceptors (Lipinski definition) is 4. The molecule has 0 aliphatic heterocycles. The summed E-state index contributed by atoms with van der Waals surface area (Å²) in [5.41, 5.74) is 1.99. The lowest BCUT2D eigenvalue weighted by molar-refractivity contribution is 0.206. The fourth-order valence-corrected chi connectivity index (χ4v) is 2.93. The number of ether oxygens (including phenoxy) is 2. The van der Waals surface area contributed by atoms with E-state index in [0.717, 1.165) is 5.69 Å². The summed E-state index contributed by atoms with van der Waals surface area (Å²) in [5.74, 6) is 0.153. The average molecular weight is 393 g/mol. The van der Waals surface area contributed by atoms with Crippen molar-refractivity contribution in [2.45, 2.75) is 0 Å². The molecular formula is C20H22ClFN2O3. The fourth-order valence-electron chi connectivity index (χ4n) is 2.93. The summed E-state index contributed by atoms with van der Waals surface area (Å²) in [4.78, 5) is 18.0. The lowest BCUT2D eigenvalue weighted by Crippen LogP contribution is -2.23. The highest BCUT2D eigenvalue weighted by atomic mass is 35.5. The van der Waals surface area contributed by atoms with E-state index in [9.17, 15) is 9.18 Å². The Balaban J connectivity index is 0.00000261. The average Bonchev–Trinajstić information content (AvgIpc) is 2.66. The van der Waals surface area contributed by atoms with Crippen LogP contribution in [0.3, 0.4) is 0 Å². The van der Waals surface area contributed by atoms with Crippen LogP contribution in [0.4, 0.5) is 10.1 Å². The van der Waals surface area contributed by atoms with Gasteiger partial charge in [-0.3, -0.25) is 4.79 Å². The summed E-state index contributed by atoms with van der Waals surface area (Å²) < 4.78 is 24.7. The van der Waals surface area contributed by atoms with Crippen LogP contribution >= 0.6 is 12.4 Å². The number of nitrogens with one attached hydrogen (secondary N) is 1. The maximum absolute atomic E-state index is 14.5. The Labute approximate surface area is 163 Å². The molecule has 0 fully saturated rings. The summed E-state index contributed by atoms with van der Waals surface area (Å²) >= 11 is 0. The van der Waals surface area contributed by atoms with Gasteiger partial charge in [0.05, 0.1) is 30.3 Å². The van der Waals surface area contributed by atoms with Crippen molar-refractivity contribution in [3.8, 4) is 16.9 Å². The monoisotopic (exact) mass is 392 g/mol. The van der Waals surface area contributed by atoms with Crippen LogP contribution in [0.15, 0.2) is 47.4 Å². The number of anilines is 1. The Bertz CT molecular complexity index is 973. The number of pyridine rings is 1. The van der Waals surface area contributed by atoms with Crippen molar-refractivity contribution in [1.82, 2.24) is 4.98 Å². The normalized spacial score (nSPS) is 10.5. The second-order valence-electron chi connectivity index (χ2n) is 5.99. The minimum absolute atomic E-state index is 0. The maximum atomic E-state index is 14.5. The number of rotatable bonds is 6. The second-order valence-corrected chi connectivity index (χ2v) is 5.99. The van der Waals surface area contributed by atoms with Gasteiger partial charge in [0.2, 0.25) is 0 Å². The Morgan fingerprint density at radius 1 is 1.11 bits per heavy atom. The molecule has 0 aliphatic carbocycles. The Hall–Kier alpha value is -2.57. The van der Waals surface area contributed by atoms with Gasteiger partial charge in [-0.05, 0) is 29.8 Å². The molecule has 3 rings (SSSR count). The summed E-state index contributed by atoms with van der Waals surface area (Å²) in [7, 11) is 5.08. The highest BCUT2D eigenvalue weighted by Crippen LogP contribution is 2.27. The number of methoxy groups -OCH3 is 2. The standard InChI is InChI=1S/C20H21FN2O3.ClH/c1-23(10-11-25-2)17-9-8-16(21)18-19(17)22-12-15(20(18)24)13-4-6-14(26-3)7-5-13;/h4-9,12H,10-11H2,1-3H3,(H,22,24);1H. The lowest BCUT2D eigenvalue weighted by Gasteiger charge is -2.21. The number of aromatic nitrogens is 1. The molecule has 2 aromatic carbocycles. The number of hydrogen-bond donors (Lipinski definition) is 1. The van der Waals surface area contributed by atoms with Crippen molar-refractivity contribution in [2.75, 3.05) is 39.3 Å². The summed E-state index contributed by atoms with van der Waals surface area (Å²) in [6.45, 7) is 1.16. The number of nitrogens with zero attached hydrogens (tertiary/aromatic N) is 1. The molecule has 0 bridgehead atoms. The van der Waals surface area contributed by atoms with Crippen LogP contribution in [0.25, 0.3) is 22.0 Å². The molecule has 0 aliphatic rings. The summed E-state index contributed by atoms with van der Waals surface area (Å²) in [6, 6.07) is 10.1. The van der Waals surface area contributed by atoms with E-state index in [-0.39, 0.29) is 23.2 Å². The first-order valence-corrected chi connectivity index (χ1v) is 8.25. The molecule has 0 saturated carbocycles. The molecule has 27 heavy (non-hydrogen) atoms. The van der Waals surface area contributed by atoms with Crippen LogP contribution in [-0.2, 0) is 4.74 Å². The molecule has 0 amide bonds. The molecule has 0 spiro atoms. The summed E-state index contributed by atoms with van der Waals surface area (Å²) in [6.07, 6.45) is 1.62. The molecule has 5 nitrogen and oxygen atoms in total. The van der Waals surface area contributed by atoms with Gasteiger partial charge >= 0.3 is 0 Å². The number of likely N-dealkylation sites (N-methyl/N-ethyl adjacent to an activating group) is 1. The maximum Gasteiger partial charge on any atom is 0.200 e. The molecule has 7 heteroatoms. The predicted octanol–water partition coefficient (Wildman–Crippen LogP) is 3.85. The van der Waals surface area contributed by atoms with Gasteiger partial charge in [-0.2, -0.15) is 0 Å². The highest BCUT2D eigenvalue weighted by Gasteiger charge is 2.16. The Morgan fingerprint density at radius 2 is 1.81 bits per heavy atom. The van der Waals surface area contributed by atoms with Crippen molar-refractivity contribution in [3.63, 3.8) is 0 Å². The van der Waals surface area contributed by atoms with E-state index in [1.165, 1.54) is 6.07 Å². The van der Waals surface area contributed by atoms with Crippen LogP contribution in [0.1, 0.15) is 0 Å². The molecule has 0 unspecified atom stereocenters. The first kappa shape index (κ1) is 20.7. The van der Waals surface area contributed by atoms with E-state index in [0.29, 0.717) is 35.5 Å². The molecule has 0 atom stereocenters.